The van der Waals surface area contributed by atoms with Crippen LogP contribution >= 0.6 is 0 Å². The summed E-state index contributed by atoms with van der Waals surface area (Å²) in [5.74, 6) is -3.67. The lowest BCUT2D eigenvalue weighted by molar-refractivity contribution is -0.158. The van der Waals surface area contributed by atoms with Crippen molar-refractivity contribution in [1.29, 1.82) is 0 Å². The van der Waals surface area contributed by atoms with Crippen molar-refractivity contribution in [3.05, 3.63) is 23.3 Å². The van der Waals surface area contributed by atoms with Gasteiger partial charge in [-0.15, -0.1) is 0 Å². The maximum Gasteiger partial charge on any atom is 0.422 e. The quantitative estimate of drug-likeness (QED) is 0.149. The van der Waals surface area contributed by atoms with Crippen molar-refractivity contribution in [3.63, 3.8) is 0 Å². The minimum Gasteiger partial charge on any atom is -0.493 e. The third kappa shape index (κ3) is 7.41. The van der Waals surface area contributed by atoms with Crippen molar-refractivity contribution < 1.29 is 44.8 Å². The molecular weight excluding hydrogens is 446 g/mol. The normalized spacial score (nSPS) is 20.0. The van der Waals surface area contributed by atoms with Crippen molar-refractivity contribution in [1.82, 2.24) is 5.06 Å². The Kier molecular flexibility index (Phi) is 10.9. The Balaban J connectivity index is 0.00000578. The lowest BCUT2D eigenvalue weighted by atomic mass is 9.63. The van der Waals surface area contributed by atoms with Gasteiger partial charge in [0.05, 0.1) is 13.0 Å². The maximum atomic E-state index is 11.7. The third-order valence-electron chi connectivity index (χ3n) is 6.57. The van der Waals surface area contributed by atoms with E-state index in [0.29, 0.717) is 24.1 Å². The first-order chi connectivity index (χ1) is 15.5. The molecular formula is C24H37NO9. The summed E-state index contributed by atoms with van der Waals surface area (Å²) in [6.45, 7) is 8.44. The van der Waals surface area contributed by atoms with Gasteiger partial charge in [0.2, 0.25) is 0 Å². The summed E-state index contributed by atoms with van der Waals surface area (Å²) in [5, 5.41) is 29.6. The highest BCUT2D eigenvalue weighted by molar-refractivity contribution is 6.29. The van der Waals surface area contributed by atoms with Crippen molar-refractivity contribution in [2.24, 2.45) is 5.92 Å². The van der Waals surface area contributed by atoms with Crippen LogP contribution in [0.5, 0.6) is 11.5 Å². The number of ether oxygens (including phenoxy) is 2. The van der Waals surface area contributed by atoms with E-state index in [1.165, 1.54) is 11.1 Å². The molecule has 0 heterocycles. The predicted molar refractivity (Wildman–Crippen MR) is 123 cm³/mol. The molecule has 0 aliphatic heterocycles. The average Bonchev–Trinajstić information content (AvgIpc) is 2.73. The second-order valence-corrected chi connectivity index (χ2v) is 9.24. The van der Waals surface area contributed by atoms with E-state index in [-0.39, 0.29) is 47.4 Å². The molecule has 34 heavy (non-hydrogen) atoms. The Labute approximate surface area is 199 Å². The Bertz CT molecular complexity index is 870. The van der Waals surface area contributed by atoms with Gasteiger partial charge in [-0.3, -0.25) is 4.79 Å². The largest absolute Gasteiger partial charge is 0.493 e. The Morgan fingerprint density at radius 1 is 1.21 bits per heavy atom. The lowest BCUT2D eigenvalue weighted by Gasteiger charge is -2.42. The smallest absolute Gasteiger partial charge is 0.422 e. The zero-order chi connectivity index (χ0) is 24.8. The van der Waals surface area contributed by atoms with Gasteiger partial charge >= 0.3 is 17.9 Å². The fourth-order valence-electron chi connectivity index (χ4n) is 4.38. The number of rotatable bonds is 10. The van der Waals surface area contributed by atoms with Gasteiger partial charge in [0, 0.05) is 24.2 Å². The molecule has 1 aliphatic carbocycles. The zero-order valence-corrected chi connectivity index (χ0v) is 20.3. The Hall–Kier alpha value is -2.69. The fraction of sp³-hybridized carbons (Fsp3) is 0.625. The molecule has 0 bridgehead atoms. The monoisotopic (exact) mass is 483 g/mol. The number of benzene rings is 1. The van der Waals surface area contributed by atoms with Crippen molar-refractivity contribution in [2.45, 2.75) is 77.7 Å². The fourth-order valence-corrected chi connectivity index (χ4v) is 4.38. The second-order valence-electron chi connectivity index (χ2n) is 9.24. The number of carbonyl (C=O) groups excluding carboxylic acids is 1. The molecule has 5 N–H and O–H groups in total. The summed E-state index contributed by atoms with van der Waals surface area (Å²) in [6.07, 6.45) is 4.05. The molecule has 1 aliphatic rings. The number of carboxylic acid groups (broad SMARTS) is 2. The van der Waals surface area contributed by atoms with E-state index in [1.807, 2.05) is 13.8 Å². The van der Waals surface area contributed by atoms with Crippen LogP contribution in [-0.4, -0.2) is 63.1 Å². The van der Waals surface area contributed by atoms with E-state index in [0.717, 1.165) is 25.7 Å². The van der Waals surface area contributed by atoms with Crippen LogP contribution in [0.3, 0.4) is 0 Å². The summed E-state index contributed by atoms with van der Waals surface area (Å²) < 4.78 is 11.0. The molecule has 2 unspecified atom stereocenters. The van der Waals surface area contributed by atoms with Crippen LogP contribution in [0.1, 0.15) is 70.9 Å². The van der Waals surface area contributed by atoms with Crippen molar-refractivity contribution >= 4 is 17.9 Å². The van der Waals surface area contributed by atoms with Crippen LogP contribution in [0.2, 0.25) is 0 Å². The van der Waals surface area contributed by atoms with Crippen LogP contribution in [0.4, 0.5) is 0 Å². The molecule has 1 saturated carbocycles. The first-order valence-electron chi connectivity index (χ1n) is 11.4. The van der Waals surface area contributed by atoms with E-state index < -0.39 is 17.9 Å². The first-order valence-corrected chi connectivity index (χ1v) is 11.4. The second kappa shape index (κ2) is 12.7. The first kappa shape index (κ1) is 29.3. The molecule has 0 spiro atoms. The van der Waals surface area contributed by atoms with Gasteiger partial charge in [0.15, 0.2) is 0 Å². The molecule has 10 nitrogen and oxygen atoms in total. The van der Waals surface area contributed by atoms with Crippen LogP contribution in [0.15, 0.2) is 12.1 Å². The van der Waals surface area contributed by atoms with E-state index in [2.05, 4.69) is 13.8 Å². The number of carboxylic acids is 2. The summed E-state index contributed by atoms with van der Waals surface area (Å²) in [6, 6.07) is 2.91. The number of hydrogen-bond acceptors (Lipinski definition) is 7. The van der Waals surface area contributed by atoms with Crippen LogP contribution in [0, 0.1) is 5.92 Å². The molecule has 192 valence electrons. The molecule has 2 rings (SSSR count). The minimum absolute atomic E-state index is 0. The highest BCUT2D eigenvalue weighted by atomic mass is 16.6. The molecule has 0 radical (unpaired) electrons. The summed E-state index contributed by atoms with van der Waals surface area (Å²) in [5.41, 5.74) is 0.819. The van der Waals surface area contributed by atoms with E-state index in [9.17, 15) is 24.7 Å². The minimum atomic E-state index is -1.72. The van der Waals surface area contributed by atoms with Gasteiger partial charge < -0.3 is 30.4 Å². The molecule has 0 saturated heterocycles. The van der Waals surface area contributed by atoms with Crippen LogP contribution in [0.25, 0.3) is 0 Å². The lowest BCUT2D eigenvalue weighted by Crippen LogP contribution is -2.35. The Morgan fingerprint density at radius 2 is 1.88 bits per heavy atom. The van der Waals surface area contributed by atoms with Crippen LogP contribution in [-0.2, 0) is 26.2 Å². The van der Waals surface area contributed by atoms with Gasteiger partial charge in [0.25, 0.3) is 0 Å². The van der Waals surface area contributed by atoms with Gasteiger partial charge in [-0.1, -0.05) is 26.7 Å². The number of nitrogens with zero attached hydrogens (tertiary/aromatic N) is 1. The maximum absolute atomic E-state index is 11.7. The van der Waals surface area contributed by atoms with E-state index in [1.54, 1.807) is 6.07 Å². The highest BCUT2D eigenvalue weighted by Gasteiger charge is 2.38. The van der Waals surface area contributed by atoms with E-state index in [4.69, 9.17) is 14.6 Å². The van der Waals surface area contributed by atoms with Gasteiger partial charge in [-0.25, -0.2) is 9.59 Å². The summed E-state index contributed by atoms with van der Waals surface area (Å²) in [4.78, 5) is 34.5. The zero-order valence-electron chi connectivity index (χ0n) is 20.3. The molecule has 2 atom stereocenters. The van der Waals surface area contributed by atoms with Crippen LogP contribution < -0.4 is 9.47 Å². The molecule has 10 heteroatoms. The number of carbonyl (C=O) groups is 3. The molecule has 1 fully saturated rings. The SMILES string of the molecule is CC(C)N(O)CCCOc1cc(OC(=O)C(=O)O)cc(C2(C)CCCCC2C)c1CC(=O)O.O. The molecule has 1 aromatic carbocycles. The standard InChI is InChI=1S/C24H35NO8.H2O/c1-15(2)25(31)10-7-11-32-20-13-17(33-23(30)22(28)29)12-19(18(20)14-21(26)27)24(4)9-6-5-8-16(24)3;/h12-13,15-16,31H,5-11,14H2,1-4H3,(H,26,27)(H,28,29);1H2. The number of hydroxylamine groups is 2. The summed E-state index contributed by atoms with van der Waals surface area (Å²) in [7, 11) is 0. The number of aliphatic carboxylic acids is 2. The Morgan fingerprint density at radius 3 is 2.44 bits per heavy atom. The summed E-state index contributed by atoms with van der Waals surface area (Å²) >= 11 is 0. The van der Waals surface area contributed by atoms with Gasteiger partial charge in [0.1, 0.15) is 11.5 Å². The van der Waals surface area contributed by atoms with Gasteiger partial charge in [-0.2, -0.15) is 5.06 Å². The molecule has 0 aromatic heterocycles. The van der Waals surface area contributed by atoms with Crippen molar-refractivity contribution in [2.75, 3.05) is 13.2 Å². The number of esters is 1. The van der Waals surface area contributed by atoms with Gasteiger partial charge in [-0.05, 0) is 56.1 Å². The van der Waals surface area contributed by atoms with E-state index >= 15 is 0 Å². The third-order valence-corrected chi connectivity index (χ3v) is 6.57. The van der Waals surface area contributed by atoms with Crippen molar-refractivity contribution in [3.8, 4) is 11.5 Å². The molecule has 0 amide bonds. The molecule has 1 aromatic rings. The average molecular weight is 484 g/mol. The topological polar surface area (TPSA) is 165 Å². The predicted octanol–water partition coefficient (Wildman–Crippen LogP) is 2.82. The highest BCUT2D eigenvalue weighted by Crippen LogP contribution is 2.47. The number of hydrogen-bond donors (Lipinski definition) is 3.